The van der Waals surface area contributed by atoms with Gasteiger partial charge >= 0.3 is 5.97 Å². The minimum absolute atomic E-state index is 0.0447. The summed E-state index contributed by atoms with van der Waals surface area (Å²) in [4.78, 5) is 25.3. The fourth-order valence-corrected chi connectivity index (χ4v) is 3.11. The van der Waals surface area contributed by atoms with Crippen LogP contribution < -0.4 is 5.32 Å². The molecule has 5 nitrogen and oxygen atoms in total. The van der Waals surface area contributed by atoms with Gasteiger partial charge in [0.25, 0.3) is 0 Å². The molecule has 20 heavy (non-hydrogen) atoms. The van der Waals surface area contributed by atoms with Crippen LogP contribution in [0.25, 0.3) is 0 Å². The van der Waals surface area contributed by atoms with E-state index >= 15 is 0 Å². The summed E-state index contributed by atoms with van der Waals surface area (Å²) in [6, 6.07) is 5.33. The number of nitrogens with one attached hydrogen (secondary N) is 1. The van der Waals surface area contributed by atoms with Crippen LogP contribution in [0, 0.1) is 5.92 Å². The molecule has 0 bridgehead atoms. The lowest BCUT2D eigenvalue weighted by atomic mass is 10.0. The number of carboxylic acid groups (broad SMARTS) is 1. The van der Waals surface area contributed by atoms with Crippen molar-refractivity contribution in [1.82, 2.24) is 10.2 Å². The Morgan fingerprint density at radius 2 is 2.05 bits per heavy atom. The highest BCUT2D eigenvalue weighted by Gasteiger charge is 2.34. The Labute approximate surface area is 117 Å². The molecule has 2 N–H and O–H groups in total. The van der Waals surface area contributed by atoms with Crippen molar-refractivity contribution in [2.45, 2.75) is 32.5 Å². The molecule has 1 amide bonds. The van der Waals surface area contributed by atoms with Gasteiger partial charge < -0.3 is 15.3 Å². The number of nitrogens with zero attached hydrogens (tertiary/aromatic N) is 1. The Bertz CT molecular complexity index is 570. The van der Waals surface area contributed by atoms with Gasteiger partial charge in [0.15, 0.2) is 0 Å². The zero-order valence-corrected chi connectivity index (χ0v) is 11.4. The van der Waals surface area contributed by atoms with E-state index in [1.54, 1.807) is 12.1 Å². The van der Waals surface area contributed by atoms with E-state index in [1.165, 1.54) is 0 Å². The summed E-state index contributed by atoms with van der Waals surface area (Å²) < 4.78 is 0. The van der Waals surface area contributed by atoms with E-state index in [2.05, 4.69) is 5.32 Å². The molecule has 1 saturated heterocycles. The van der Waals surface area contributed by atoms with Crippen molar-refractivity contribution >= 4 is 11.9 Å². The van der Waals surface area contributed by atoms with E-state index in [4.69, 9.17) is 5.11 Å². The third kappa shape index (κ3) is 2.18. The topological polar surface area (TPSA) is 69.6 Å². The van der Waals surface area contributed by atoms with Crippen molar-refractivity contribution in [2.24, 2.45) is 5.92 Å². The van der Waals surface area contributed by atoms with Gasteiger partial charge in [0.05, 0.1) is 11.5 Å². The van der Waals surface area contributed by atoms with Crippen molar-refractivity contribution in [3.05, 3.63) is 34.9 Å². The molecular weight excluding hydrogens is 256 g/mol. The molecule has 1 fully saturated rings. The lowest BCUT2D eigenvalue weighted by Crippen LogP contribution is -2.37. The zero-order valence-electron chi connectivity index (χ0n) is 11.4. The van der Waals surface area contributed by atoms with E-state index in [1.807, 2.05) is 17.9 Å². The summed E-state index contributed by atoms with van der Waals surface area (Å²) in [5, 5.41) is 12.3. The van der Waals surface area contributed by atoms with Gasteiger partial charge in [-0.3, -0.25) is 4.79 Å². The number of amides is 1. The summed E-state index contributed by atoms with van der Waals surface area (Å²) in [5.41, 5.74) is 2.30. The molecule has 0 saturated carbocycles. The maximum atomic E-state index is 12.5. The molecule has 2 heterocycles. The highest BCUT2D eigenvalue weighted by molar-refractivity contribution is 5.88. The number of hydrogen-bond donors (Lipinski definition) is 2. The molecular formula is C15H18N2O3. The lowest BCUT2D eigenvalue weighted by Gasteiger charge is -2.22. The number of aromatic carboxylic acids is 1. The van der Waals surface area contributed by atoms with Crippen molar-refractivity contribution in [2.75, 3.05) is 6.54 Å². The Balaban J connectivity index is 1.76. The predicted octanol–water partition coefficient (Wildman–Crippen LogP) is 1.22. The first-order chi connectivity index (χ1) is 9.56. The van der Waals surface area contributed by atoms with Crippen molar-refractivity contribution in [3.8, 4) is 0 Å². The van der Waals surface area contributed by atoms with E-state index in [0.717, 1.165) is 24.1 Å². The van der Waals surface area contributed by atoms with Gasteiger partial charge in [-0.05, 0) is 43.1 Å². The fourth-order valence-electron chi connectivity index (χ4n) is 3.11. The molecule has 2 unspecified atom stereocenters. The smallest absolute Gasteiger partial charge is 0.335 e. The number of carbonyl (C=O) groups excluding carboxylic acids is 1. The van der Waals surface area contributed by atoms with E-state index in [9.17, 15) is 9.59 Å². The molecule has 0 aromatic heterocycles. The summed E-state index contributed by atoms with van der Waals surface area (Å²) in [6.07, 6.45) is 0.882. The Hall–Kier alpha value is -1.88. The number of fused-ring (bicyclic) bond motifs is 1. The highest BCUT2D eigenvalue weighted by Crippen LogP contribution is 2.27. The average Bonchev–Trinajstić information content (AvgIpc) is 3.02. The zero-order chi connectivity index (χ0) is 14.3. The fraction of sp³-hybridized carbons (Fsp3) is 0.467. The van der Waals surface area contributed by atoms with Gasteiger partial charge in [-0.15, -0.1) is 0 Å². The van der Waals surface area contributed by atoms with Crippen LogP contribution >= 0.6 is 0 Å². The van der Waals surface area contributed by atoms with Crippen molar-refractivity contribution in [3.63, 3.8) is 0 Å². The minimum atomic E-state index is -0.925. The third-order valence-electron chi connectivity index (χ3n) is 4.33. The molecule has 2 aliphatic rings. The second-order valence-electron chi connectivity index (χ2n) is 5.62. The maximum Gasteiger partial charge on any atom is 0.335 e. The monoisotopic (exact) mass is 274 g/mol. The number of hydrogen-bond acceptors (Lipinski definition) is 3. The van der Waals surface area contributed by atoms with Crippen LogP contribution in [0.15, 0.2) is 18.2 Å². The Kier molecular flexibility index (Phi) is 3.22. The second kappa shape index (κ2) is 4.90. The van der Waals surface area contributed by atoms with Crippen LogP contribution in [0.3, 0.4) is 0 Å². The number of carboxylic acids is 1. The van der Waals surface area contributed by atoms with Gasteiger partial charge in [0.1, 0.15) is 0 Å². The first-order valence-electron chi connectivity index (χ1n) is 6.93. The largest absolute Gasteiger partial charge is 0.478 e. The summed E-state index contributed by atoms with van der Waals surface area (Å²) in [5.74, 6) is -0.704. The number of carbonyl (C=O) groups is 2. The van der Waals surface area contributed by atoms with Gasteiger partial charge in [-0.25, -0.2) is 4.79 Å². The molecule has 1 aromatic carbocycles. The first-order valence-corrected chi connectivity index (χ1v) is 6.93. The molecule has 0 aliphatic carbocycles. The molecule has 106 valence electrons. The lowest BCUT2D eigenvalue weighted by molar-refractivity contribution is -0.136. The molecule has 1 aromatic rings. The van der Waals surface area contributed by atoms with Gasteiger partial charge in [0.2, 0.25) is 5.91 Å². The van der Waals surface area contributed by atoms with Crippen LogP contribution in [-0.2, 0) is 17.9 Å². The molecule has 0 spiro atoms. The van der Waals surface area contributed by atoms with Crippen molar-refractivity contribution < 1.29 is 14.7 Å². The SMILES string of the molecule is CC1NCCC1C(=O)N1Cc2ccc(C(=O)O)cc2C1. The van der Waals surface area contributed by atoms with Crippen molar-refractivity contribution in [1.29, 1.82) is 0 Å². The Morgan fingerprint density at radius 1 is 1.30 bits per heavy atom. The molecule has 5 heteroatoms. The van der Waals surface area contributed by atoms with Crippen LogP contribution in [0.5, 0.6) is 0 Å². The molecule has 2 aliphatic heterocycles. The van der Waals surface area contributed by atoms with Gasteiger partial charge in [0, 0.05) is 19.1 Å². The van der Waals surface area contributed by atoms with Crippen LogP contribution in [0.4, 0.5) is 0 Å². The predicted molar refractivity (Wildman–Crippen MR) is 73.2 cm³/mol. The summed E-state index contributed by atoms with van der Waals surface area (Å²) >= 11 is 0. The Morgan fingerprint density at radius 3 is 2.70 bits per heavy atom. The minimum Gasteiger partial charge on any atom is -0.478 e. The van der Waals surface area contributed by atoms with Gasteiger partial charge in [-0.1, -0.05) is 6.07 Å². The van der Waals surface area contributed by atoms with Crippen LogP contribution in [0.1, 0.15) is 34.8 Å². The average molecular weight is 274 g/mol. The van der Waals surface area contributed by atoms with E-state index < -0.39 is 5.97 Å². The molecule has 3 rings (SSSR count). The highest BCUT2D eigenvalue weighted by atomic mass is 16.4. The first kappa shape index (κ1) is 13.1. The van der Waals surface area contributed by atoms with E-state index in [0.29, 0.717) is 13.1 Å². The summed E-state index contributed by atoms with van der Waals surface area (Å²) in [7, 11) is 0. The molecule has 2 atom stereocenters. The maximum absolute atomic E-state index is 12.5. The summed E-state index contributed by atoms with van der Waals surface area (Å²) in [6.45, 7) is 4.05. The quantitative estimate of drug-likeness (QED) is 0.851. The number of benzene rings is 1. The van der Waals surface area contributed by atoms with Crippen LogP contribution in [0.2, 0.25) is 0 Å². The van der Waals surface area contributed by atoms with E-state index in [-0.39, 0.29) is 23.4 Å². The second-order valence-corrected chi connectivity index (χ2v) is 5.62. The normalized spacial score (nSPS) is 24.8. The molecule has 0 radical (unpaired) electrons. The van der Waals surface area contributed by atoms with Crippen LogP contribution in [-0.4, -0.2) is 34.5 Å². The van der Waals surface area contributed by atoms with Gasteiger partial charge in [-0.2, -0.15) is 0 Å². The number of rotatable bonds is 2. The third-order valence-corrected chi connectivity index (χ3v) is 4.33. The standard InChI is InChI=1S/C15H18N2O3/c1-9-13(4-5-16-9)14(18)17-7-11-3-2-10(15(19)20)6-12(11)8-17/h2-3,6,9,13,16H,4-5,7-8H2,1H3,(H,19,20).